The maximum atomic E-state index is 12.0. The molecule has 7 nitrogen and oxygen atoms in total. The molecule has 1 aromatic heterocycles. The van der Waals surface area contributed by atoms with Crippen LogP contribution in [0.15, 0.2) is 6.07 Å². The lowest BCUT2D eigenvalue weighted by Gasteiger charge is -2.20. The monoisotopic (exact) mass is 339 g/mol. The van der Waals surface area contributed by atoms with Gasteiger partial charge in [-0.15, -0.1) is 11.3 Å². The lowest BCUT2D eigenvalue weighted by molar-refractivity contribution is -0.385. The molecule has 1 N–H and O–H groups in total. The molecule has 0 saturated carbocycles. The third-order valence-corrected chi connectivity index (χ3v) is 4.91. The van der Waals surface area contributed by atoms with E-state index in [1.54, 1.807) is 6.92 Å². The molecule has 2 amide bonds. The van der Waals surface area contributed by atoms with E-state index in [0.29, 0.717) is 35.7 Å². The van der Waals surface area contributed by atoms with Gasteiger partial charge in [-0.3, -0.25) is 19.7 Å². The summed E-state index contributed by atoms with van der Waals surface area (Å²) in [5.41, 5.74) is -0.0182. The predicted molar refractivity (Wildman–Crippen MR) is 87.7 cm³/mol. The summed E-state index contributed by atoms with van der Waals surface area (Å²) >= 11 is 1.12. The number of thiophene rings is 1. The van der Waals surface area contributed by atoms with E-state index in [1.807, 2.05) is 4.90 Å². The highest BCUT2D eigenvalue weighted by atomic mass is 32.1. The van der Waals surface area contributed by atoms with Gasteiger partial charge in [0, 0.05) is 32.1 Å². The second-order valence-corrected chi connectivity index (χ2v) is 6.87. The van der Waals surface area contributed by atoms with Crippen LogP contribution < -0.4 is 5.32 Å². The molecular weight excluding hydrogens is 318 g/mol. The van der Waals surface area contributed by atoms with Crippen LogP contribution in [0.2, 0.25) is 0 Å². The normalized spacial score (nSPS) is 15.3. The number of amides is 2. The molecule has 1 aliphatic rings. The van der Waals surface area contributed by atoms with E-state index in [0.717, 1.165) is 37.1 Å². The van der Waals surface area contributed by atoms with Gasteiger partial charge < -0.3 is 10.2 Å². The number of carbonyl (C=O) groups excluding carboxylic acids is 2. The Morgan fingerprint density at radius 1 is 1.43 bits per heavy atom. The number of aryl methyl sites for hydroxylation is 1. The Hall–Kier alpha value is -1.96. The minimum absolute atomic E-state index is 0.0182. The van der Waals surface area contributed by atoms with Gasteiger partial charge in [-0.05, 0) is 26.2 Å². The Morgan fingerprint density at radius 2 is 2.22 bits per heavy atom. The van der Waals surface area contributed by atoms with E-state index in [9.17, 15) is 19.7 Å². The van der Waals surface area contributed by atoms with Crippen LogP contribution in [0.3, 0.4) is 0 Å². The Balaban J connectivity index is 1.77. The number of hydrogen-bond acceptors (Lipinski definition) is 5. The van der Waals surface area contributed by atoms with Gasteiger partial charge in [0.05, 0.1) is 14.7 Å². The topological polar surface area (TPSA) is 92.6 Å². The van der Waals surface area contributed by atoms with Crippen molar-refractivity contribution in [3.05, 3.63) is 25.9 Å². The fraction of sp³-hybridized carbons (Fsp3) is 0.600. The number of nitro groups is 1. The number of rotatable bonds is 6. The summed E-state index contributed by atoms with van der Waals surface area (Å²) in [5, 5.41) is 13.6. The van der Waals surface area contributed by atoms with Crippen LogP contribution in [0, 0.1) is 17.0 Å². The minimum atomic E-state index is -0.479. The molecule has 126 valence electrons. The standard InChI is InChI=1S/C15H21N3O4S/c1-11-12(18(21)22)10-13(23-11)15(20)16-7-5-9-17-8-4-2-3-6-14(17)19/h10H,2-9H2,1H3,(H,16,20). The van der Waals surface area contributed by atoms with Gasteiger partial charge in [0.25, 0.3) is 11.6 Å². The van der Waals surface area contributed by atoms with Crippen molar-refractivity contribution in [3.8, 4) is 0 Å². The Bertz CT molecular complexity index is 600. The molecule has 8 heteroatoms. The third-order valence-electron chi connectivity index (χ3n) is 3.87. The molecule has 0 aliphatic carbocycles. The maximum absolute atomic E-state index is 12.0. The largest absolute Gasteiger partial charge is 0.351 e. The Labute approximate surface area is 138 Å². The van der Waals surface area contributed by atoms with Crippen LogP contribution in [-0.4, -0.2) is 41.3 Å². The van der Waals surface area contributed by atoms with Gasteiger partial charge in [-0.2, -0.15) is 0 Å². The van der Waals surface area contributed by atoms with Gasteiger partial charge in [0.15, 0.2) is 0 Å². The summed E-state index contributed by atoms with van der Waals surface area (Å²) in [4.78, 5) is 36.9. The van der Waals surface area contributed by atoms with E-state index in [2.05, 4.69) is 5.32 Å². The second kappa shape index (κ2) is 8.05. The van der Waals surface area contributed by atoms with Crippen LogP contribution >= 0.6 is 11.3 Å². The second-order valence-electron chi connectivity index (χ2n) is 5.61. The lowest BCUT2D eigenvalue weighted by Crippen LogP contribution is -2.33. The van der Waals surface area contributed by atoms with Gasteiger partial charge in [0.1, 0.15) is 0 Å². The first-order chi connectivity index (χ1) is 11.0. The summed E-state index contributed by atoms with van der Waals surface area (Å²) in [6, 6.07) is 1.31. The van der Waals surface area contributed by atoms with E-state index in [1.165, 1.54) is 6.07 Å². The highest BCUT2D eigenvalue weighted by Gasteiger charge is 2.19. The predicted octanol–water partition coefficient (Wildman–Crippen LogP) is 2.49. The zero-order chi connectivity index (χ0) is 16.8. The molecule has 2 rings (SSSR count). The van der Waals surface area contributed by atoms with Crippen molar-refractivity contribution in [1.29, 1.82) is 0 Å². The van der Waals surface area contributed by atoms with Crippen LogP contribution in [0.4, 0.5) is 5.69 Å². The van der Waals surface area contributed by atoms with Gasteiger partial charge in [0.2, 0.25) is 5.91 Å². The van der Waals surface area contributed by atoms with Crippen molar-refractivity contribution in [2.75, 3.05) is 19.6 Å². The summed E-state index contributed by atoms with van der Waals surface area (Å²) in [7, 11) is 0. The lowest BCUT2D eigenvalue weighted by atomic mass is 10.2. The first kappa shape index (κ1) is 17.4. The molecule has 0 radical (unpaired) electrons. The van der Waals surface area contributed by atoms with Crippen LogP contribution in [0.25, 0.3) is 0 Å². The molecular formula is C15H21N3O4S. The highest BCUT2D eigenvalue weighted by Crippen LogP contribution is 2.27. The van der Waals surface area contributed by atoms with Crippen molar-refractivity contribution in [3.63, 3.8) is 0 Å². The van der Waals surface area contributed by atoms with E-state index >= 15 is 0 Å². The van der Waals surface area contributed by atoms with Crippen molar-refractivity contribution < 1.29 is 14.5 Å². The van der Waals surface area contributed by atoms with Crippen molar-refractivity contribution >= 4 is 28.8 Å². The first-order valence-electron chi connectivity index (χ1n) is 7.80. The maximum Gasteiger partial charge on any atom is 0.283 e. The van der Waals surface area contributed by atoms with E-state index in [4.69, 9.17) is 0 Å². The fourth-order valence-electron chi connectivity index (χ4n) is 2.60. The van der Waals surface area contributed by atoms with Crippen molar-refractivity contribution in [1.82, 2.24) is 10.2 Å². The first-order valence-corrected chi connectivity index (χ1v) is 8.61. The molecule has 2 heterocycles. The molecule has 1 aromatic rings. The molecule has 0 spiro atoms. The summed E-state index contributed by atoms with van der Waals surface area (Å²) in [5.74, 6) is -0.105. The number of hydrogen-bond donors (Lipinski definition) is 1. The quantitative estimate of drug-likeness (QED) is 0.489. The Morgan fingerprint density at radius 3 is 2.91 bits per heavy atom. The highest BCUT2D eigenvalue weighted by molar-refractivity contribution is 7.14. The van der Waals surface area contributed by atoms with Gasteiger partial charge in [-0.25, -0.2) is 0 Å². The van der Waals surface area contributed by atoms with Crippen molar-refractivity contribution in [2.45, 2.75) is 39.0 Å². The van der Waals surface area contributed by atoms with Crippen LogP contribution in [0.1, 0.15) is 46.7 Å². The number of likely N-dealkylation sites (tertiary alicyclic amines) is 1. The zero-order valence-electron chi connectivity index (χ0n) is 13.2. The summed E-state index contributed by atoms with van der Waals surface area (Å²) in [6.07, 6.45) is 4.39. The smallest absolute Gasteiger partial charge is 0.283 e. The van der Waals surface area contributed by atoms with Crippen LogP contribution in [-0.2, 0) is 4.79 Å². The average molecular weight is 339 g/mol. The van der Waals surface area contributed by atoms with Gasteiger partial charge in [-0.1, -0.05) is 6.42 Å². The van der Waals surface area contributed by atoms with E-state index in [-0.39, 0.29) is 17.5 Å². The summed E-state index contributed by atoms with van der Waals surface area (Å²) in [6.45, 7) is 3.52. The molecule has 0 aromatic carbocycles. The van der Waals surface area contributed by atoms with Crippen LogP contribution in [0.5, 0.6) is 0 Å². The molecule has 0 unspecified atom stereocenters. The van der Waals surface area contributed by atoms with Gasteiger partial charge >= 0.3 is 0 Å². The molecule has 0 atom stereocenters. The number of carbonyl (C=O) groups is 2. The fourth-order valence-corrected chi connectivity index (χ4v) is 3.50. The molecule has 1 aliphatic heterocycles. The minimum Gasteiger partial charge on any atom is -0.351 e. The molecule has 1 saturated heterocycles. The molecule has 1 fully saturated rings. The number of nitrogens with zero attached hydrogens (tertiary/aromatic N) is 2. The zero-order valence-corrected chi connectivity index (χ0v) is 14.0. The summed E-state index contributed by atoms with van der Waals surface area (Å²) < 4.78 is 0. The third kappa shape index (κ3) is 4.75. The Kier molecular flexibility index (Phi) is 6.09. The molecule has 23 heavy (non-hydrogen) atoms. The average Bonchev–Trinajstić information content (AvgIpc) is 2.79. The SMILES string of the molecule is Cc1sc(C(=O)NCCCN2CCCCCC2=O)cc1[N+](=O)[O-]. The molecule has 0 bridgehead atoms. The van der Waals surface area contributed by atoms with E-state index < -0.39 is 4.92 Å². The number of nitrogens with one attached hydrogen (secondary N) is 1. The van der Waals surface area contributed by atoms with Crippen molar-refractivity contribution in [2.24, 2.45) is 0 Å².